The summed E-state index contributed by atoms with van der Waals surface area (Å²) in [5.74, 6) is 0.654. The molecular formula is C15H19N5O2. The Kier molecular flexibility index (Phi) is 4.88. The molecule has 0 aliphatic rings. The van der Waals surface area contributed by atoms with Crippen molar-refractivity contribution in [2.45, 2.75) is 33.9 Å². The molecule has 0 aromatic carbocycles. The van der Waals surface area contributed by atoms with E-state index in [1.807, 2.05) is 19.9 Å². The minimum absolute atomic E-state index is 0.177. The summed E-state index contributed by atoms with van der Waals surface area (Å²) in [5, 5.41) is 5.37. The lowest BCUT2D eigenvalue weighted by Crippen LogP contribution is -2.36. The molecule has 0 aliphatic heterocycles. The van der Waals surface area contributed by atoms with E-state index >= 15 is 0 Å². The van der Waals surface area contributed by atoms with Gasteiger partial charge in [0.2, 0.25) is 0 Å². The molecule has 116 valence electrons. The summed E-state index contributed by atoms with van der Waals surface area (Å²) in [7, 11) is 0. The van der Waals surface area contributed by atoms with Gasteiger partial charge in [0.05, 0.1) is 18.8 Å². The molecule has 0 saturated heterocycles. The van der Waals surface area contributed by atoms with E-state index in [0.29, 0.717) is 17.9 Å². The maximum absolute atomic E-state index is 11.8. The van der Waals surface area contributed by atoms with Gasteiger partial charge in [0.1, 0.15) is 5.82 Å². The number of urea groups is 1. The Hall–Kier alpha value is -2.70. The van der Waals surface area contributed by atoms with Crippen molar-refractivity contribution in [3.63, 3.8) is 0 Å². The van der Waals surface area contributed by atoms with Crippen LogP contribution in [0.2, 0.25) is 0 Å². The van der Waals surface area contributed by atoms with Gasteiger partial charge in [0.25, 0.3) is 5.56 Å². The van der Waals surface area contributed by atoms with E-state index in [2.05, 4.69) is 25.6 Å². The van der Waals surface area contributed by atoms with E-state index in [4.69, 9.17) is 0 Å². The number of hydrogen-bond acceptors (Lipinski definition) is 4. The van der Waals surface area contributed by atoms with Crippen LogP contribution in [0.5, 0.6) is 0 Å². The molecule has 2 rings (SSSR count). The summed E-state index contributed by atoms with van der Waals surface area (Å²) in [6, 6.07) is 3.26. The smallest absolute Gasteiger partial charge is 0.315 e. The topological polar surface area (TPSA) is 99.8 Å². The highest BCUT2D eigenvalue weighted by Gasteiger charge is 2.07. The molecule has 0 saturated carbocycles. The van der Waals surface area contributed by atoms with Crippen LogP contribution in [0.1, 0.15) is 28.3 Å². The molecule has 0 fully saturated rings. The quantitative estimate of drug-likeness (QED) is 0.787. The Morgan fingerprint density at radius 1 is 1.23 bits per heavy atom. The fraction of sp³-hybridized carbons (Fsp3) is 0.333. The molecule has 0 spiro atoms. The maximum Gasteiger partial charge on any atom is 0.315 e. The average Bonchev–Trinajstić information content (AvgIpc) is 2.44. The van der Waals surface area contributed by atoms with E-state index in [1.54, 1.807) is 19.2 Å². The third-order valence-corrected chi connectivity index (χ3v) is 3.18. The SMILES string of the molecule is Cc1nccc(CNC(=O)NCc2c(C)cc(C)[nH]c2=O)n1. The van der Waals surface area contributed by atoms with Gasteiger partial charge in [-0.2, -0.15) is 0 Å². The molecule has 22 heavy (non-hydrogen) atoms. The highest BCUT2D eigenvalue weighted by Crippen LogP contribution is 2.02. The summed E-state index contributed by atoms with van der Waals surface area (Å²) in [4.78, 5) is 34.5. The first-order chi connectivity index (χ1) is 10.5. The predicted octanol–water partition coefficient (Wildman–Crippen LogP) is 1.09. The summed E-state index contributed by atoms with van der Waals surface area (Å²) in [6.07, 6.45) is 1.65. The molecule has 2 aromatic rings. The highest BCUT2D eigenvalue weighted by molar-refractivity contribution is 5.73. The third kappa shape index (κ3) is 4.15. The molecule has 0 atom stereocenters. The van der Waals surface area contributed by atoms with E-state index in [-0.39, 0.29) is 18.1 Å². The zero-order valence-electron chi connectivity index (χ0n) is 12.9. The van der Waals surface area contributed by atoms with Crippen LogP contribution in [0.3, 0.4) is 0 Å². The van der Waals surface area contributed by atoms with Crippen LogP contribution in [-0.4, -0.2) is 21.0 Å². The van der Waals surface area contributed by atoms with Crippen LogP contribution >= 0.6 is 0 Å². The molecule has 0 radical (unpaired) electrons. The number of aromatic amines is 1. The van der Waals surface area contributed by atoms with Crippen molar-refractivity contribution < 1.29 is 4.79 Å². The van der Waals surface area contributed by atoms with Crippen LogP contribution < -0.4 is 16.2 Å². The van der Waals surface area contributed by atoms with E-state index in [0.717, 1.165) is 17.0 Å². The van der Waals surface area contributed by atoms with Crippen molar-refractivity contribution >= 4 is 6.03 Å². The minimum Gasteiger partial charge on any atom is -0.334 e. The lowest BCUT2D eigenvalue weighted by molar-refractivity contribution is 0.240. The third-order valence-electron chi connectivity index (χ3n) is 3.18. The second kappa shape index (κ2) is 6.84. The van der Waals surface area contributed by atoms with Gasteiger partial charge in [0, 0.05) is 17.5 Å². The standard InChI is InChI=1S/C15H19N5O2/c1-9-6-10(2)19-14(21)13(9)8-18-15(22)17-7-12-4-5-16-11(3)20-12/h4-6H,7-8H2,1-3H3,(H,19,21)(H2,17,18,22). The van der Waals surface area contributed by atoms with Crippen molar-refractivity contribution in [1.82, 2.24) is 25.6 Å². The number of pyridine rings is 1. The number of nitrogens with one attached hydrogen (secondary N) is 3. The second-order valence-electron chi connectivity index (χ2n) is 5.07. The first-order valence-electron chi connectivity index (χ1n) is 6.95. The summed E-state index contributed by atoms with van der Waals surface area (Å²) in [6.45, 7) is 5.94. The van der Waals surface area contributed by atoms with Crippen molar-refractivity contribution in [1.29, 1.82) is 0 Å². The molecular weight excluding hydrogens is 282 g/mol. The number of hydrogen-bond donors (Lipinski definition) is 3. The van der Waals surface area contributed by atoms with Crippen molar-refractivity contribution in [2.75, 3.05) is 0 Å². The molecule has 3 N–H and O–H groups in total. The molecule has 7 nitrogen and oxygen atoms in total. The molecule has 2 aromatic heterocycles. The summed E-state index contributed by atoms with van der Waals surface area (Å²) < 4.78 is 0. The second-order valence-corrected chi connectivity index (χ2v) is 5.07. The minimum atomic E-state index is -0.351. The Labute approximate surface area is 128 Å². The largest absolute Gasteiger partial charge is 0.334 e. The Morgan fingerprint density at radius 2 is 1.95 bits per heavy atom. The number of aryl methyl sites for hydroxylation is 3. The highest BCUT2D eigenvalue weighted by atomic mass is 16.2. The number of carbonyl (C=O) groups excluding carboxylic acids is 1. The maximum atomic E-state index is 11.8. The van der Waals surface area contributed by atoms with Gasteiger partial charge in [0.15, 0.2) is 0 Å². The Morgan fingerprint density at radius 3 is 2.64 bits per heavy atom. The summed E-state index contributed by atoms with van der Waals surface area (Å²) >= 11 is 0. The number of aromatic nitrogens is 3. The van der Waals surface area contributed by atoms with Crippen molar-refractivity contribution in [3.05, 3.63) is 57.0 Å². The van der Waals surface area contributed by atoms with Crippen molar-refractivity contribution in [2.24, 2.45) is 0 Å². The first kappa shape index (κ1) is 15.7. The normalized spacial score (nSPS) is 10.3. The van der Waals surface area contributed by atoms with Gasteiger partial charge in [-0.1, -0.05) is 0 Å². The first-order valence-corrected chi connectivity index (χ1v) is 6.95. The molecule has 0 unspecified atom stereocenters. The molecule has 0 aliphatic carbocycles. The van der Waals surface area contributed by atoms with Gasteiger partial charge in [-0.3, -0.25) is 4.79 Å². The van der Waals surface area contributed by atoms with Gasteiger partial charge in [-0.25, -0.2) is 14.8 Å². The van der Waals surface area contributed by atoms with E-state index in [1.165, 1.54) is 0 Å². The van der Waals surface area contributed by atoms with Crippen LogP contribution in [0.25, 0.3) is 0 Å². The monoisotopic (exact) mass is 301 g/mol. The van der Waals surface area contributed by atoms with E-state index in [9.17, 15) is 9.59 Å². The number of amides is 2. The Balaban J connectivity index is 1.90. The van der Waals surface area contributed by atoms with Crippen LogP contribution in [0, 0.1) is 20.8 Å². The van der Waals surface area contributed by atoms with Crippen LogP contribution in [0.15, 0.2) is 23.1 Å². The van der Waals surface area contributed by atoms with Crippen LogP contribution in [-0.2, 0) is 13.1 Å². The molecule has 7 heteroatoms. The van der Waals surface area contributed by atoms with Gasteiger partial charge >= 0.3 is 6.03 Å². The predicted molar refractivity (Wildman–Crippen MR) is 82.4 cm³/mol. The number of carbonyl (C=O) groups is 1. The van der Waals surface area contributed by atoms with Crippen LogP contribution in [0.4, 0.5) is 4.79 Å². The van der Waals surface area contributed by atoms with Crippen molar-refractivity contribution in [3.8, 4) is 0 Å². The fourth-order valence-corrected chi connectivity index (χ4v) is 2.11. The lowest BCUT2D eigenvalue weighted by atomic mass is 10.1. The fourth-order valence-electron chi connectivity index (χ4n) is 2.11. The van der Waals surface area contributed by atoms with Gasteiger partial charge < -0.3 is 15.6 Å². The molecule has 2 amide bonds. The Bertz CT molecular complexity index is 739. The number of nitrogens with zero attached hydrogens (tertiary/aromatic N) is 2. The van der Waals surface area contributed by atoms with Gasteiger partial charge in [-0.05, 0) is 38.5 Å². The zero-order chi connectivity index (χ0) is 16.1. The molecule has 2 heterocycles. The number of H-pyrrole nitrogens is 1. The zero-order valence-corrected chi connectivity index (χ0v) is 12.9. The molecule has 0 bridgehead atoms. The van der Waals surface area contributed by atoms with E-state index < -0.39 is 0 Å². The lowest BCUT2D eigenvalue weighted by Gasteiger charge is -2.09. The average molecular weight is 301 g/mol. The number of rotatable bonds is 4. The summed E-state index contributed by atoms with van der Waals surface area (Å²) in [5.41, 5.74) is 2.76. The van der Waals surface area contributed by atoms with Gasteiger partial charge in [-0.15, -0.1) is 0 Å².